The Hall–Kier alpha value is -1.62. The molecular weight excluding hydrogens is 314 g/mol. The van der Waals surface area contributed by atoms with Crippen LogP contribution in [0.15, 0.2) is 18.5 Å². The maximum atomic E-state index is 12.5. The summed E-state index contributed by atoms with van der Waals surface area (Å²) in [5, 5.41) is 0.251. The van der Waals surface area contributed by atoms with Gasteiger partial charge in [0.15, 0.2) is 0 Å². The molecule has 6 heteroatoms. The van der Waals surface area contributed by atoms with E-state index in [1.165, 1.54) is 5.57 Å². The average molecular weight is 336 g/mol. The summed E-state index contributed by atoms with van der Waals surface area (Å²) in [5.74, 6) is 0. The number of carbonyl (C=O) groups excluding carboxylic acids is 1. The smallest absolute Gasteiger partial charge is 0.411 e. The molecule has 1 fully saturated rings. The Morgan fingerprint density at radius 1 is 1.30 bits per heavy atom. The van der Waals surface area contributed by atoms with Gasteiger partial charge < -0.3 is 4.74 Å². The first-order valence-electron chi connectivity index (χ1n) is 8.03. The number of nitrogens with zero attached hydrogens (tertiary/aromatic N) is 3. The van der Waals surface area contributed by atoms with Gasteiger partial charge in [-0.1, -0.05) is 6.08 Å². The predicted molar refractivity (Wildman–Crippen MR) is 89.1 cm³/mol. The van der Waals surface area contributed by atoms with Crippen LogP contribution in [-0.2, 0) is 4.74 Å². The first-order chi connectivity index (χ1) is 10.8. The zero-order valence-corrected chi connectivity index (χ0v) is 14.5. The molecule has 0 aromatic carbocycles. The van der Waals surface area contributed by atoms with Gasteiger partial charge in [0.1, 0.15) is 5.60 Å². The number of piperidine rings is 1. The Balaban J connectivity index is 1.84. The van der Waals surface area contributed by atoms with Crippen LogP contribution in [0.4, 0.5) is 4.79 Å². The minimum Gasteiger partial charge on any atom is -0.444 e. The van der Waals surface area contributed by atoms with Crippen LogP contribution in [0.3, 0.4) is 0 Å². The zero-order valence-electron chi connectivity index (χ0n) is 13.8. The van der Waals surface area contributed by atoms with Gasteiger partial charge >= 0.3 is 6.09 Å². The Labute approximate surface area is 141 Å². The maximum absolute atomic E-state index is 12.5. The van der Waals surface area contributed by atoms with Crippen molar-refractivity contribution in [1.29, 1.82) is 0 Å². The van der Waals surface area contributed by atoms with Crippen LogP contribution in [0.25, 0.3) is 5.57 Å². The summed E-state index contributed by atoms with van der Waals surface area (Å²) in [6.07, 6.45) is 9.35. The SMILES string of the molecule is CC(C)(C)OC(=O)N1C2C=C(c3cnc(Cl)nc3)CC1CCC2. The van der Waals surface area contributed by atoms with Crippen LogP contribution in [0, 0.1) is 0 Å². The lowest BCUT2D eigenvalue weighted by atomic mass is 9.83. The van der Waals surface area contributed by atoms with E-state index in [1.54, 1.807) is 12.4 Å². The number of hydrogen-bond donors (Lipinski definition) is 0. The number of amides is 1. The molecule has 0 aliphatic carbocycles. The average Bonchev–Trinajstić information content (AvgIpc) is 2.44. The summed E-state index contributed by atoms with van der Waals surface area (Å²) >= 11 is 5.76. The van der Waals surface area contributed by atoms with Crippen molar-refractivity contribution in [2.75, 3.05) is 0 Å². The monoisotopic (exact) mass is 335 g/mol. The molecule has 23 heavy (non-hydrogen) atoms. The normalized spacial score (nSPS) is 24.2. The molecule has 1 amide bonds. The van der Waals surface area contributed by atoms with Crippen LogP contribution in [0.1, 0.15) is 52.0 Å². The first-order valence-corrected chi connectivity index (χ1v) is 8.41. The van der Waals surface area contributed by atoms with E-state index in [9.17, 15) is 4.79 Å². The first kappa shape index (κ1) is 16.2. The Morgan fingerprint density at radius 2 is 2.00 bits per heavy atom. The fourth-order valence-electron chi connectivity index (χ4n) is 3.32. The molecule has 2 aliphatic rings. The second-order valence-electron chi connectivity index (χ2n) is 7.18. The van der Waals surface area contributed by atoms with Gasteiger partial charge in [0.2, 0.25) is 5.28 Å². The number of halogens is 1. The predicted octanol–water partition coefficient (Wildman–Crippen LogP) is 4.08. The molecule has 2 atom stereocenters. The molecular formula is C17H22ClN3O2. The van der Waals surface area contributed by atoms with Crippen molar-refractivity contribution in [3.8, 4) is 0 Å². The standard InChI is InChI=1S/C17H22ClN3O2/c1-17(2,3)23-16(22)21-13-5-4-6-14(21)8-11(7-13)12-9-19-15(18)20-10-12/h7,9-10,13-14H,4-6,8H2,1-3H3. The summed E-state index contributed by atoms with van der Waals surface area (Å²) in [6, 6.07) is 0.266. The highest BCUT2D eigenvalue weighted by Crippen LogP contribution is 2.37. The summed E-state index contributed by atoms with van der Waals surface area (Å²) in [7, 11) is 0. The van der Waals surface area contributed by atoms with Gasteiger partial charge in [0, 0.05) is 24.0 Å². The quantitative estimate of drug-likeness (QED) is 0.726. The van der Waals surface area contributed by atoms with Gasteiger partial charge in [0.05, 0.1) is 6.04 Å². The third-order valence-corrected chi connectivity index (χ3v) is 4.43. The summed E-state index contributed by atoms with van der Waals surface area (Å²) in [6.45, 7) is 5.70. The molecule has 124 valence electrons. The second kappa shape index (κ2) is 6.11. The fraction of sp³-hybridized carbons (Fsp3) is 0.588. The number of hydrogen-bond acceptors (Lipinski definition) is 4. The number of rotatable bonds is 1. The molecule has 1 aromatic rings. The Bertz CT molecular complexity index is 622. The van der Waals surface area contributed by atoms with E-state index in [0.717, 1.165) is 31.2 Å². The van der Waals surface area contributed by atoms with Crippen molar-refractivity contribution in [2.45, 2.75) is 64.1 Å². The summed E-state index contributed by atoms with van der Waals surface area (Å²) in [4.78, 5) is 22.6. The Kier molecular flexibility index (Phi) is 4.32. The third-order valence-electron chi connectivity index (χ3n) is 4.23. The van der Waals surface area contributed by atoms with Crippen molar-refractivity contribution < 1.29 is 9.53 Å². The summed E-state index contributed by atoms with van der Waals surface area (Å²) < 4.78 is 5.59. The van der Waals surface area contributed by atoms with E-state index >= 15 is 0 Å². The molecule has 2 bridgehead atoms. The van der Waals surface area contributed by atoms with E-state index < -0.39 is 5.60 Å². The van der Waals surface area contributed by atoms with Gasteiger partial charge in [-0.05, 0) is 63.6 Å². The molecule has 2 unspecified atom stereocenters. The van der Waals surface area contributed by atoms with E-state index in [-0.39, 0.29) is 23.5 Å². The molecule has 0 N–H and O–H groups in total. The lowest BCUT2D eigenvalue weighted by molar-refractivity contribution is 0.0000852. The van der Waals surface area contributed by atoms with Crippen molar-refractivity contribution in [3.05, 3.63) is 29.3 Å². The van der Waals surface area contributed by atoms with Crippen molar-refractivity contribution in [3.63, 3.8) is 0 Å². The highest BCUT2D eigenvalue weighted by atomic mass is 35.5. The molecule has 0 saturated carbocycles. The van der Waals surface area contributed by atoms with Crippen molar-refractivity contribution in [1.82, 2.24) is 14.9 Å². The van der Waals surface area contributed by atoms with E-state index in [1.807, 2.05) is 25.7 Å². The second-order valence-corrected chi connectivity index (χ2v) is 7.51. The van der Waals surface area contributed by atoms with Crippen LogP contribution >= 0.6 is 11.6 Å². The zero-order chi connectivity index (χ0) is 16.6. The molecule has 0 spiro atoms. The van der Waals surface area contributed by atoms with Crippen LogP contribution in [-0.4, -0.2) is 38.6 Å². The van der Waals surface area contributed by atoms with Gasteiger partial charge in [-0.3, -0.25) is 4.90 Å². The fourth-order valence-corrected chi connectivity index (χ4v) is 3.42. The van der Waals surface area contributed by atoms with E-state index in [4.69, 9.17) is 16.3 Å². The molecule has 3 rings (SSSR count). The lowest BCUT2D eigenvalue weighted by Gasteiger charge is -2.45. The minimum atomic E-state index is -0.473. The highest BCUT2D eigenvalue weighted by Gasteiger charge is 2.39. The van der Waals surface area contributed by atoms with Crippen LogP contribution < -0.4 is 0 Å². The van der Waals surface area contributed by atoms with Gasteiger partial charge in [-0.15, -0.1) is 0 Å². The molecule has 1 aromatic heterocycles. The Morgan fingerprint density at radius 3 is 2.61 bits per heavy atom. The largest absolute Gasteiger partial charge is 0.444 e. The number of carbonyl (C=O) groups is 1. The van der Waals surface area contributed by atoms with Gasteiger partial charge in [0.25, 0.3) is 0 Å². The van der Waals surface area contributed by atoms with Gasteiger partial charge in [-0.2, -0.15) is 0 Å². The third kappa shape index (κ3) is 3.66. The van der Waals surface area contributed by atoms with Crippen LogP contribution in [0.5, 0.6) is 0 Å². The molecule has 5 nitrogen and oxygen atoms in total. The number of ether oxygens (including phenoxy) is 1. The highest BCUT2D eigenvalue weighted by molar-refractivity contribution is 6.28. The van der Waals surface area contributed by atoms with Gasteiger partial charge in [-0.25, -0.2) is 14.8 Å². The molecule has 3 heterocycles. The van der Waals surface area contributed by atoms with Crippen LogP contribution in [0.2, 0.25) is 5.28 Å². The molecule has 2 aliphatic heterocycles. The topological polar surface area (TPSA) is 55.3 Å². The van der Waals surface area contributed by atoms with E-state index in [0.29, 0.717) is 0 Å². The minimum absolute atomic E-state index is 0.0861. The number of fused-ring (bicyclic) bond motifs is 2. The molecule has 1 saturated heterocycles. The van der Waals surface area contributed by atoms with E-state index in [2.05, 4.69) is 16.0 Å². The van der Waals surface area contributed by atoms with Crippen molar-refractivity contribution in [2.24, 2.45) is 0 Å². The lowest BCUT2D eigenvalue weighted by Crippen LogP contribution is -2.53. The van der Waals surface area contributed by atoms with Crippen molar-refractivity contribution >= 4 is 23.3 Å². The maximum Gasteiger partial charge on any atom is 0.411 e. The summed E-state index contributed by atoms with van der Waals surface area (Å²) in [5.41, 5.74) is 1.70. The molecule has 0 radical (unpaired) electrons. The number of aromatic nitrogens is 2.